The summed E-state index contributed by atoms with van der Waals surface area (Å²) in [6.07, 6.45) is -3.18. The first-order valence-electron chi connectivity index (χ1n) is 6.15. The number of nitrogens with two attached hydrogens (primary N) is 1. The zero-order valence-corrected chi connectivity index (χ0v) is 11.0. The Hall–Kier alpha value is -2.57. The first-order valence-corrected chi connectivity index (χ1v) is 6.15. The SMILES string of the molecule is Cc1ccccc1-c1cnn2c(C(F)(F)F)cc(N)nc12. The van der Waals surface area contributed by atoms with Crippen molar-refractivity contribution in [2.45, 2.75) is 13.1 Å². The van der Waals surface area contributed by atoms with Crippen LogP contribution >= 0.6 is 0 Å². The van der Waals surface area contributed by atoms with Gasteiger partial charge in [0.2, 0.25) is 0 Å². The highest BCUT2D eigenvalue weighted by atomic mass is 19.4. The summed E-state index contributed by atoms with van der Waals surface area (Å²) in [5, 5.41) is 3.82. The van der Waals surface area contributed by atoms with Crippen molar-refractivity contribution in [3.8, 4) is 11.1 Å². The summed E-state index contributed by atoms with van der Waals surface area (Å²) in [7, 11) is 0. The number of nitrogen functional groups attached to an aromatic ring is 1. The second kappa shape index (κ2) is 4.47. The van der Waals surface area contributed by atoms with E-state index in [4.69, 9.17) is 5.73 Å². The van der Waals surface area contributed by atoms with Crippen molar-refractivity contribution in [1.82, 2.24) is 14.6 Å². The van der Waals surface area contributed by atoms with Crippen LogP contribution in [0.3, 0.4) is 0 Å². The van der Waals surface area contributed by atoms with Gasteiger partial charge in [0.1, 0.15) is 5.82 Å². The number of hydrogen-bond acceptors (Lipinski definition) is 3. The van der Waals surface area contributed by atoms with Crippen LogP contribution in [0.25, 0.3) is 16.8 Å². The van der Waals surface area contributed by atoms with E-state index in [0.717, 1.165) is 21.7 Å². The first kappa shape index (κ1) is 13.4. The molecule has 1 aromatic carbocycles. The predicted octanol–water partition coefficient (Wildman–Crippen LogP) is 3.31. The minimum atomic E-state index is -4.55. The van der Waals surface area contributed by atoms with E-state index in [0.29, 0.717) is 5.56 Å². The lowest BCUT2D eigenvalue weighted by atomic mass is 10.0. The van der Waals surface area contributed by atoms with Gasteiger partial charge in [-0.15, -0.1) is 0 Å². The summed E-state index contributed by atoms with van der Waals surface area (Å²) in [4.78, 5) is 4.01. The molecule has 0 radical (unpaired) electrons. The minimum Gasteiger partial charge on any atom is -0.384 e. The van der Waals surface area contributed by atoms with Gasteiger partial charge >= 0.3 is 6.18 Å². The van der Waals surface area contributed by atoms with Crippen LogP contribution in [0.5, 0.6) is 0 Å². The van der Waals surface area contributed by atoms with Gasteiger partial charge in [-0.05, 0) is 18.1 Å². The van der Waals surface area contributed by atoms with E-state index in [1.54, 1.807) is 0 Å². The maximum Gasteiger partial charge on any atom is 0.433 e. The molecule has 3 rings (SSSR count). The Kier molecular flexibility index (Phi) is 2.86. The molecule has 21 heavy (non-hydrogen) atoms. The number of rotatable bonds is 1. The summed E-state index contributed by atoms with van der Waals surface area (Å²) in [6, 6.07) is 8.12. The third kappa shape index (κ3) is 2.20. The molecule has 0 saturated carbocycles. The van der Waals surface area contributed by atoms with Crippen molar-refractivity contribution in [3.63, 3.8) is 0 Å². The normalized spacial score (nSPS) is 12.0. The van der Waals surface area contributed by atoms with Crippen LogP contribution < -0.4 is 5.73 Å². The standard InChI is InChI=1S/C14H11F3N4/c1-8-4-2-3-5-9(8)10-7-19-21-11(14(15,16)17)6-12(18)20-13(10)21/h2-7H,1H3,(H2,18,20). The van der Waals surface area contributed by atoms with Crippen LogP contribution in [0, 0.1) is 6.92 Å². The Morgan fingerprint density at radius 2 is 1.86 bits per heavy atom. The number of hydrogen-bond donors (Lipinski definition) is 1. The van der Waals surface area contributed by atoms with Gasteiger partial charge in [-0.25, -0.2) is 9.50 Å². The summed E-state index contributed by atoms with van der Waals surface area (Å²) in [6.45, 7) is 1.87. The Balaban J connectivity index is 2.34. The Labute approximate surface area is 118 Å². The fraction of sp³-hybridized carbons (Fsp3) is 0.143. The third-order valence-electron chi connectivity index (χ3n) is 3.22. The molecule has 0 bridgehead atoms. The fourth-order valence-electron chi connectivity index (χ4n) is 2.25. The van der Waals surface area contributed by atoms with Gasteiger partial charge in [0, 0.05) is 11.6 Å². The number of anilines is 1. The van der Waals surface area contributed by atoms with Crippen molar-refractivity contribution in [1.29, 1.82) is 0 Å². The lowest BCUT2D eigenvalue weighted by molar-refractivity contribution is -0.142. The second-order valence-corrected chi connectivity index (χ2v) is 4.67. The molecule has 0 fully saturated rings. The predicted molar refractivity (Wildman–Crippen MR) is 72.6 cm³/mol. The quantitative estimate of drug-likeness (QED) is 0.748. The van der Waals surface area contributed by atoms with Gasteiger partial charge in [-0.2, -0.15) is 18.3 Å². The molecule has 0 saturated heterocycles. The maximum atomic E-state index is 13.0. The highest BCUT2D eigenvalue weighted by Crippen LogP contribution is 2.33. The number of fused-ring (bicyclic) bond motifs is 1. The summed E-state index contributed by atoms with van der Waals surface area (Å²) >= 11 is 0. The molecular weight excluding hydrogens is 281 g/mol. The van der Waals surface area contributed by atoms with Crippen molar-refractivity contribution in [2.24, 2.45) is 0 Å². The molecule has 0 atom stereocenters. The van der Waals surface area contributed by atoms with Crippen molar-refractivity contribution in [3.05, 3.63) is 47.8 Å². The summed E-state index contributed by atoms with van der Waals surface area (Å²) in [5.41, 5.74) is 6.88. The molecular formula is C14H11F3N4. The summed E-state index contributed by atoms with van der Waals surface area (Å²) < 4.78 is 39.9. The smallest absolute Gasteiger partial charge is 0.384 e. The van der Waals surface area contributed by atoms with Crippen molar-refractivity contribution < 1.29 is 13.2 Å². The molecule has 2 heterocycles. The van der Waals surface area contributed by atoms with Crippen LogP contribution in [0.2, 0.25) is 0 Å². The molecule has 108 valence electrons. The largest absolute Gasteiger partial charge is 0.433 e. The molecule has 0 aliphatic carbocycles. The van der Waals surface area contributed by atoms with Gasteiger partial charge in [-0.1, -0.05) is 24.3 Å². The lowest BCUT2D eigenvalue weighted by Crippen LogP contribution is -2.14. The van der Waals surface area contributed by atoms with E-state index in [1.165, 1.54) is 6.20 Å². The Morgan fingerprint density at radius 1 is 1.14 bits per heavy atom. The topological polar surface area (TPSA) is 56.2 Å². The van der Waals surface area contributed by atoms with Crippen LogP contribution in [-0.4, -0.2) is 14.6 Å². The zero-order chi connectivity index (χ0) is 15.2. The number of alkyl halides is 3. The van der Waals surface area contributed by atoms with E-state index in [-0.39, 0.29) is 11.5 Å². The maximum absolute atomic E-state index is 13.0. The highest BCUT2D eigenvalue weighted by molar-refractivity contribution is 5.79. The number of benzene rings is 1. The van der Waals surface area contributed by atoms with E-state index >= 15 is 0 Å². The molecule has 0 aliphatic rings. The molecule has 4 nitrogen and oxygen atoms in total. The van der Waals surface area contributed by atoms with Gasteiger partial charge in [0.05, 0.1) is 6.20 Å². The zero-order valence-electron chi connectivity index (χ0n) is 11.0. The lowest BCUT2D eigenvalue weighted by Gasteiger charge is -2.10. The average molecular weight is 292 g/mol. The molecule has 7 heteroatoms. The fourth-order valence-corrected chi connectivity index (χ4v) is 2.25. The number of aromatic nitrogens is 3. The van der Waals surface area contributed by atoms with Crippen LogP contribution in [0.1, 0.15) is 11.3 Å². The molecule has 0 amide bonds. The first-order chi connectivity index (χ1) is 9.88. The van der Waals surface area contributed by atoms with E-state index < -0.39 is 11.9 Å². The Morgan fingerprint density at radius 3 is 2.52 bits per heavy atom. The van der Waals surface area contributed by atoms with Gasteiger partial charge in [0.25, 0.3) is 0 Å². The van der Waals surface area contributed by atoms with Crippen molar-refractivity contribution in [2.75, 3.05) is 5.73 Å². The van der Waals surface area contributed by atoms with E-state index in [2.05, 4.69) is 10.1 Å². The average Bonchev–Trinajstić information content (AvgIpc) is 2.80. The molecule has 0 spiro atoms. The number of nitrogens with zero attached hydrogens (tertiary/aromatic N) is 3. The minimum absolute atomic E-state index is 0.0941. The van der Waals surface area contributed by atoms with Crippen LogP contribution in [-0.2, 0) is 6.18 Å². The number of halogens is 3. The van der Waals surface area contributed by atoms with E-state index in [9.17, 15) is 13.2 Å². The van der Waals surface area contributed by atoms with Crippen LogP contribution in [0.15, 0.2) is 36.5 Å². The molecule has 3 aromatic rings. The monoisotopic (exact) mass is 292 g/mol. The van der Waals surface area contributed by atoms with Crippen LogP contribution in [0.4, 0.5) is 19.0 Å². The number of aryl methyl sites for hydroxylation is 1. The molecule has 2 N–H and O–H groups in total. The Bertz CT molecular complexity index is 821. The third-order valence-corrected chi connectivity index (χ3v) is 3.22. The highest BCUT2D eigenvalue weighted by Gasteiger charge is 2.35. The summed E-state index contributed by atoms with van der Waals surface area (Å²) in [5.74, 6) is -0.190. The molecule has 2 aromatic heterocycles. The van der Waals surface area contributed by atoms with E-state index in [1.807, 2.05) is 31.2 Å². The second-order valence-electron chi connectivity index (χ2n) is 4.67. The molecule has 0 aliphatic heterocycles. The van der Waals surface area contributed by atoms with Gasteiger partial charge in [0.15, 0.2) is 11.3 Å². The molecule has 0 unspecified atom stereocenters. The van der Waals surface area contributed by atoms with Gasteiger partial charge < -0.3 is 5.73 Å². The van der Waals surface area contributed by atoms with Crippen molar-refractivity contribution >= 4 is 11.5 Å². The van der Waals surface area contributed by atoms with Gasteiger partial charge in [-0.3, -0.25) is 0 Å².